The second-order valence-corrected chi connectivity index (χ2v) is 5.74. The minimum Gasteiger partial charge on any atom is -0.481 e. The number of carboxylic acids is 1. The molecule has 0 radical (unpaired) electrons. The number of rotatable bonds is 2. The molecule has 4 heteroatoms. The van der Waals surface area contributed by atoms with Crippen molar-refractivity contribution in [2.45, 2.75) is 31.3 Å². The molecule has 0 aliphatic carbocycles. The second-order valence-electron chi connectivity index (χ2n) is 5.74. The predicted octanol–water partition coefficient (Wildman–Crippen LogP) is 2.68. The lowest BCUT2D eigenvalue weighted by Gasteiger charge is -2.25. The number of benzene rings is 1. The molecule has 102 valence electrons. The fourth-order valence-corrected chi connectivity index (χ4v) is 3.89. The summed E-state index contributed by atoms with van der Waals surface area (Å²) in [5.41, 5.74) is 0. The summed E-state index contributed by atoms with van der Waals surface area (Å²) < 4.78 is 0. The fourth-order valence-electron chi connectivity index (χ4n) is 3.89. The van der Waals surface area contributed by atoms with Gasteiger partial charge in [-0.3, -0.25) is 4.79 Å². The highest BCUT2D eigenvalue weighted by Crippen LogP contribution is 2.45. The van der Waals surface area contributed by atoms with Gasteiger partial charge in [0.05, 0.1) is 5.92 Å². The molecule has 4 nitrogen and oxygen atoms in total. The maximum Gasteiger partial charge on any atom is 0.308 e. The molecule has 2 saturated heterocycles. The summed E-state index contributed by atoms with van der Waals surface area (Å²) in [6.45, 7) is 0. The molecule has 1 aromatic carbocycles. The van der Waals surface area contributed by atoms with E-state index in [1.54, 1.807) is 0 Å². The Labute approximate surface area is 117 Å². The van der Waals surface area contributed by atoms with Crippen LogP contribution >= 0.6 is 0 Å². The smallest absolute Gasteiger partial charge is 0.308 e. The molecule has 3 unspecified atom stereocenters. The summed E-state index contributed by atoms with van der Waals surface area (Å²) in [6, 6.07) is 10.6. The van der Waals surface area contributed by atoms with Crippen molar-refractivity contribution in [1.29, 1.82) is 0 Å². The summed E-state index contributed by atoms with van der Waals surface area (Å²) in [5, 5.41) is 11.7. The predicted molar refractivity (Wildman–Crippen MR) is 76.8 cm³/mol. The lowest BCUT2D eigenvalue weighted by Crippen LogP contribution is -2.33. The molecule has 2 aliphatic rings. The highest BCUT2D eigenvalue weighted by atomic mass is 16.4. The van der Waals surface area contributed by atoms with Gasteiger partial charge in [0, 0.05) is 23.7 Å². The normalized spacial score (nSPS) is 28.2. The molecule has 4 rings (SSSR count). The van der Waals surface area contributed by atoms with Crippen LogP contribution in [-0.4, -0.2) is 28.1 Å². The molecule has 3 heterocycles. The SMILES string of the molecule is O=C(O)C1CC2CCC1N2c1nccc2ccccc12. The molecule has 3 atom stereocenters. The van der Waals surface area contributed by atoms with Gasteiger partial charge in [0.25, 0.3) is 0 Å². The van der Waals surface area contributed by atoms with Crippen LogP contribution in [-0.2, 0) is 4.79 Å². The number of anilines is 1. The number of pyridine rings is 1. The van der Waals surface area contributed by atoms with Gasteiger partial charge in [-0.05, 0) is 30.7 Å². The topological polar surface area (TPSA) is 53.4 Å². The number of nitrogens with zero attached hydrogens (tertiary/aromatic N) is 2. The summed E-state index contributed by atoms with van der Waals surface area (Å²) >= 11 is 0. The maximum absolute atomic E-state index is 11.4. The number of fused-ring (bicyclic) bond motifs is 3. The average molecular weight is 268 g/mol. The second kappa shape index (κ2) is 4.20. The van der Waals surface area contributed by atoms with Gasteiger partial charge in [-0.15, -0.1) is 0 Å². The van der Waals surface area contributed by atoms with Crippen LogP contribution in [0.15, 0.2) is 36.5 Å². The fraction of sp³-hybridized carbons (Fsp3) is 0.375. The van der Waals surface area contributed by atoms with Crippen LogP contribution in [0.2, 0.25) is 0 Å². The van der Waals surface area contributed by atoms with E-state index in [2.05, 4.69) is 22.0 Å². The summed E-state index contributed by atoms with van der Waals surface area (Å²) in [4.78, 5) is 18.2. The first-order chi connectivity index (χ1) is 9.75. The van der Waals surface area contributed by atoms with Gasteiger partial charge in [0.15, 0.2) is 0 Å². The molecule has 0 spiro atoms. The van der Waals surface area contributed by atoms with Gasteiger partial charge in [-0.25, -0.2) is 4.98 Å². The average Bonchev–Trinajstić information content (AvgIpc) is 3.04. The Kier molecular flexibility index (Phi) is 2.46. The molecule has 2 aliphatic heterocycles. The zero-order chi connectivity index (χ0) is 13.7. The minimum absolute atomic E-state index is 0.107. The van der Waals surface area contributed by atoms with E-state index in [0.29, 0.717) is 6.04 Å². The van der Waals surface area contributed by atoms with Crippen LogP contribution in [0.5, 0.6) is 0 Å². The highest BCUT2D eigenvalue weighted by Gasteiger charge is 2.50. The zero-order valence-electron chi connectivity index (χ0n) is 11.1. The molecular weight excluding hydrogens is 252 g/mol. The van der Waals surface area contributed by atoms with E-state index in [4.69, 9.17) is 0 Å². The van der Waals surface area contributed by atoms with Gasteiger partial charge in [0.1, 0.15) is 5.82 Å². The van der Waals surface area contributed by atoms with E-state index in [1.807, 2.05) is 24.4 Å². The van der Waals surface area contributed by atoms with Crippen molar-refractivity contribution >= 4 is 22.6 Å². The van der Waals surface area contributed by atoms with Crippen molar-refractivity contribution in [3.8, 4) is 0 Å². The van der Waals surface area contributed by atoms with Crippen LogP contribution in [0.25, 0.3) is 10.8 Å². The number of carbonyl (C=O) groups is 1. The molecule has 20 heavy (non-hydrogen) atoms. The van der Waals surface area contributed by atoms with Crippen LogP contribution in [0.4, 0.5) is 5.82 Å². The lowest BCUT2D eigenvalue weighted by atomic mass is 9.89. The zero-order valence-corrected chi connectivity index (χ0v) is 11.1. The van der Waals surface area contributed by atoms with E-state index in [9.17, 15) is 9.90 Å². The Balaban J connectivity index is 1.83. The van der Waals surface area contributed by atoms with Crippen LogP contribution in [0, 0.1) is 5.92 Å². The van der Waals surface area contributed by atoms with Gasteiger partial charge in [-0.2, -0.15) is 0 Å². The molecule has 0 saturated carbocycles. The largest absolute Gasteiger partial charge is 0.481 e. The van der Waals surface area contributed by atoms with E-state index < -0.39 is 5.97 Å². The first kappa shape index (κ1) is 11.7. The van der Waals surface area contributed by atoms with Crippen LogP contribution in [0.1, 0.15) is 19.3 Å². The van der Waals surface area contributed by atoms with Gasteiger partial charge >= 0.3 is 5.97 Å². The number of aromatic nitrogens is 1. The summed E-state index contributed by atoms with van der Waals surface area (Å²) in [5.74, 6) is 0.0521. The molecular formula is C16H16N2O2. The monoisotopic (exact) mass is 268 g/mol. The molecule has 0 amide bonds. The van der Waals surface area contributed by atoms with E-state index in [1.165, 1.54) is 0 Å². The van der Waals surface area contributed by atoms with Crippen molar-refractivity contribution < 1.29 is 9.90 Å². The highest BCUT2D eigenvalue weighted by molar-refractivity contribution is 5.93. The Morgan fingerprint density at radius 2 is 2.10 bits per heavy atom. The molecule has 2 bridgehead atoms. The van der Waals surface area contributed by atoms with Crippen molar-refractivity contribution in [1.82, 2.24) is 4.98 Å². The Hall–Kier alpha value is -2.10. The van der Waals surface area contributed by atoms with Crippen molar-refractivity contribution in [2.24, 2.45) is 5.92 Å². The maximum atomic E-state index is 11.4. The number of aliphatic carboxylic acids is 1. The quantitative estimate of drug-likeness (QED) is 0.909. The third-order valence-electron chi connectivity index (χ3n) is 4.75. The summed E-state index contributed by atoms with van der Waals surface area (Å²) in [6.07, 6.45) is 4.63. The molecule has 1 N–H and O–H groups in total. The van der Waals surface area contributed by atoms with Gasteiger partial charge in [0.2, 0.25) is 0 Å². The van der Waals surface area contributed by atoms with Gasteiger partial charge < -0.3 is 10.0 Å². The molecule has 2 fully saturated rings. The molecule has 1 aromatic heterocycles. The third kappa shape index (κ3) is 1.54. The lowest BCUT2D eigenvalue weighted by molar-refractivity contribution is -0.142. The van der Waals surface area contributed by atoms with E-state index in [0.717, 1.165) is 35.9 Å². The third-order valence-corrected chi connectivity index (χ3v) is 4.75. The van der Waals surface area contributed by atoms with E-state index in [-0.39, 0.29) is 12.0 Å². The number of carboxylic acid groups (broad SMARTS) is 1. The van der Waals surface area contributed by atoms with Crippen molar-refractivity contribution in [3.63, 3.8) is 0 Å². The standard InChI is InChI=1S/C16H16N2O2/c19-16(20)13-9-11-5-6-14(13)18(11)15-12-4-2-1-3-10(12)7-8-17-15/h1-4,7-8,11,13-14H,5-6,9H2,(H,19,20). The number of hydrogen-bond donors (Lipinski definition) is 1. The Morgan fingerprint density at radius 1 is 1.25 bits per heavy atom. The van der Waals surface area contributed by atoms with E-state index >= 15 is 0 Å². The van der Waals surface area contributed by atoms with Crippen molar-refractivity contribution in [2.75, 3.05) is 4.90 Å². The Morgan fingerprint density at radius 3 is 2.90 bits per heavy atom. The van der Waals surface area contributed by atoms with Crippen LogP contribution < -0.4 is 4.90 Å². The van der Waals surface area contributed by atoms with Gasteiger partial charge in [-0.1, -0.05) is 24.3 Å². The molecule has 2 aromatic rings. The minimum atomic E-state index is -0.664. The first-order valence-corrected chi connectivity index (χ1v) is 7.10. The number of hydrogen-bond acceptors (Lipinski definition) is 3. The Bertz CT molecular complexity index is 680. The van der Waals surface area contributed by atoms with Crippen molar-refractivity contribution in [3.05, 3.63) is 36.5 Å². The van der Waals surface area contributed by atoms with Crippen LogP contribution in [0.3, 0.4) is 0 Å². The first-order valence-electron chi connectivity index (χ1n) is 7.10. The summed E-state index contributed by atoms with van der Waals surface area (Å²) in [7, 11) is 0.